The third-order valence-corrected chi connectivity index (χ3v) is 7.86. The van der Waals surface area contributed by atoms with Gasteiger partial charge in [-0.25, -0.2) is 12.8 Å². The highest BCUT2D eigenvalue weighted by molar-refractivity contribution is 7.91. The molecular weight excluding hydrogens is 495 g/mol. The van der Waals surface area contributed by atoms with E-state index in [1.54, 1.807) is 18.2 Å². The summed E-state index contributed by atoms with van der Waals surface area (Å²) < 4.78 is 54.4. The zero-order valence-corrected chi connectivity index (χ0v) is 20.5. The van der Waals surface area contributed by atoms with Crippen LogP contribution in [-0.4, -0.2) is 32.0 Å². The number of halogens is 1. The standard InChI is InChI=1S/C28H23FN2O5S/c29-20-7-3-18(4-8-20)17-37(33,34)30-21-9-5-19(6-10-21)22-14-26(32)23-15-27-28(36-13-12-35-27)16-25(23)31-11-1-2-24(22)31/h1-11,15-16,22,30H,12-14,17H2/t22-/m1/s1. The maximum Gasteiger partial charge on any atom is 0.236 e. The summed E-state index contributed by atoms with van der Waals surface area (Å²) in [5.41, 5.74) is 4.07. The number of ketones is 1. The molecule has 4 aromatic rings. The number of sulfonamides is 1. The largest absolute Gasteiger partial charge is 0.486 e. The van der Waals surface area contributed by atoms with Crippen molar-refractivity contribution in [2.45, 2.75) is 18.1 Å². The highest BCUT2D eigenvalue weighted by Gasteiger charge is 2.30. The summed E-state index contributed by atoms with van der Waals surface area (Å²) in [6, 6.07) is 19.9. The molecule has 0 aliphatic carbocycles. The van der Waals surface area contributed by atoms with Gasteiger partial charge in [-0.15, -0.1) is 0 Å². The molecular formula is C28H23FN2O5S. The fraction of sp³-hybridized carbons (Fsp3) is 0.179. The Morgan fingerprint density at radius 1 is 0.946 bits per heavy atom. The van der Waals surface area contributed by atoms with Crippen LogP contribution >= 0.6 is 0 Å². The summed E-state index contributed by atoms with van der Waals surface area (Å²) in [7, 11) is -3.69. The molecule has 0 saturated heterocycles. The van der Waals surface area contributed by atoms with Crippen LogP contribution in [0.2, 0.25) is 0 Å². The summed E-state index contributed by atoms with van der Waals surface area (Å²) in [6.45, 7) is 0.901. The molecule has 0 saturated carbocycles. The average molecular weight is 519 g/mol. The van der Waals surface area contributed by atoms with E-state index >= 15 is 0 Å². The lowest BCUT2D eigenvalue weighted by Crippen LogP contribution is -2.16. The number of anilines is 1. The third kappa shape index (κ3) is 4.58. The smallest absolute Gasteiger partial charge is 0.236 e. The average Bonchev–Trinajstić information content (AvgIpc) is 3.34. The molecule has 0 spiro atoms. The summed E-state index contributed by atoms with van der Waals surface area (Å²) in [5, 5.41) is 0. The first-order valence-corrected chi connectivity index (χ1v) is 13.5. The Kier molecular flexibility index (Phi) is 5.72. The molecule has 0 unspecified atom stereocenters. The van der Waals surface area contributed by atoms with E-state index < -0.39 is 15.8 Å². The van der Waals surface area contributed by atoms with Crippen LogP contribution in [0, 0.1) is 5.82 Å². The van der Waals surface area contributed by atoms with Crippen LogP contribution in [0.25, 0.3) is 5.69 Å². The highest BCUT2D eigenvalue weighted by atomic mass is 32.2. The zero-order chi connectivity index (χ0) is 25.6. The molecule has 0 bridgehead atoms. The van der Waals surface area contributed by atoms with Crippen molar-refractivity contribution < 1.29 is 27.1 Å². The van der Waals surface area contributed by atoms with Crippen molar-refractivity contribution in [1.29, 1.82) is 0 Å². The van der Waals surface area contributed by atoms with Crippen molar-refractivity contribution >= 4 is 21.5 Å². The van der Waals surface area contributed by atoms with Gasteiger partial charge in [-0.1, -0.05) is 24.3 Å². The predicted octanol–water partition coefficient (Wildman–Crippen LogP) is 5.05. The van der Waals surface area contributed by atoms with Gasteiger partial charge in [0.05, 0.1) is 11.4 Å². The second-order valence-electron chi connectivity index (χ2n) is 9.11. The Morgan fingerprint density at radius 2 is 1.65 bits per heavy atom. The van der Waals surface area contributed by atoms with Crippen molar-refractivity contribution in [3.8, 4) is 17.2 Å². The molecule has 1 aromatic heterocycles. The van der Waals surface area contributed by atoms with Gasteiger partial charge in [-0.2, -0.15) is 0 Å². The molecule has 37 heavy (non-hydrogen) atoms. The Morgan fingerprint density at radius 3 is 2.38 bits per heavy atom. The van der Waals surface area contributed by atoms with E-state index in [0.717, 1.165) is 16.9 Å². The first kappa shape index (κ1) is 23.3. The molecule has 2 aliphatic heterocycles. The summed E-state index contributed by atoms with van der Waals surface area (Å²) >= 11 is 0. The van der Waals surface area contributed by atoms with Crippen LogP contribution < -0.4 is 14.2 Å². The molecule has 3 heterocycles. The van der Waals surface area contributed by atoms with Crippen LogP contribution in [0.15, 0.2) is 79.0 Å². The molecule has 2 aliphatic rings. The lowest BCUT2D eigenvalue weighted by molar-refractivity contribution is 0.0978. The minimum absolute atomic E-state index is 0.00949. The predicted molar refractivity (Wildman–Crippen MR) is 137 cm³/mol. The van der Waals surface area contributed by atoms with Gasteiger partial charge in [0.1, 0.15) is 19.0 Å². The van der Waals surface area contributed by atoms with Crippen molar-refractivity contribution in [3.63, 3.8) is 0 Å². The van der Waals surface area contributed by atoms with Crippen LogP contribution in [0.1, 0.15) is 39.5 Å². The molecule has 0 radical (unpaired) electrons. The highest BCUT2D eigenvalue weighted by Crippen LogP contribution is 2.41. The molecule has 3 aromatic carbocycles. The van der Waals surface area contributed by atoms with Gasteiger partial charge in [-0.05, 0) is 53.6 Å². The minimum Gasteiger partial charge on any atom is -0.486 e. The van der Waals surface area contributed by atoms with Gasteiger partial charge in [-0.3, -0.25) is 9.52 Å². The zero-order valence-electron chi connectivity index (χ0n) is 19.7. The van der Waals surface area contributed by atoms with Crippen LogP contribution in [0.5, 0.6) is 11.5 Å². The molecule has 6 rings (SSSR count). The van der Waals surface area contributed by atoms with Gasteiger partial charge in [0, 0.05) is 41.5 Å². The molecule has 9 heteroatoms. The molecule has 1 atom stereocenters. The number of nitrogens with zero attached hydrogens (tertiary/aromatic N) is 1. The van der Waals surface area contributed by atoms with E-state index in [1.165, 1.54) is 24.3 Å². The number of benzene rings is 3. The van der Waals surface area contributed by atoms with Crippen molar-refractivity contribution in [3.05, 3.63) is 107 Å². The molecule has 0 fully saturated rings. The summed E-state index contributed by atoms with van der Waals surface area (Å²) in [5.74, 6) is 0.270. The number of nitrogens with one attached hydrogen (secondary N) is 1. The maximum absolute atomic E-state index is 13.4. The number of fused-ring (bicyclic) bond motifs is 4. The Bertz CT molecular complexity index is 1590. The van der Waals surface area contributed by atoms with Gasteiger partial charge < -0.3 is 14.0 Å². The fourth-order valence-corrected chi connectivity index (χ4v) is 6.08. The number of carbonyl (C=O) groups excluding carboxylic acids is 1. The Balaban J connectivity index is 1.27. The number of hydrogen-bond acceptors (Lipinski definition) is 5. The van der Waals surface area contributed by atoms with E-state index in [4.69, 9.17) is 9.47 Å². The Labute approximate surface area is 213 Å². The summed E-state index contributed by atoms with van der Waals surface area (Å²) in [4.78, 5) is 13.4. The van der Waals surface area contributed by atoms with Gasteiger partial charge >= 0.3 is 0 Å². The number of ether oxygens (including phenoxy) is 2. The van der Waals surface area contributed by atoms with E-state index in [9.17, 15) is 17.6 Å². The molecule has 1 N–H and O–H groups in total. The topological polar surface area (TPSA) is 86.6 Å². The first-order valence-electron chi connectivity index (χ1n) is 11.9. The third-order valence-electron chi connectivity index (χ3n) is 6.60. The quantitative estimate of drug-likeness (QED) is 0.400. The van der Waals surface area contributed by atoms with Crippen molar-refractivity contribution in [2.24, 2.45) is 0 Å². The fourth-order valence-electron chi connectivity index (χ4n) is 4.89. The summed E-state index contributed by atoms with van der Waals surface area (Å²) in [6.07, 6.45) is 2.18. The van der Waals surface area contributed by atoms with E-state index in [2.05, 4.69) is 4.72 Å². The van der Waals surface area contributed by atoms with E-state index in [0.29, 0.717) is 41.5 Å². The number of aromatic nitrogens is 1. The number of hydrogen-bond donors (Lipinski definition) is 1. The molecule has 7 nitrogen and oxygen atoms in total. The van der Waals surface area contributed by atoms with E-state index in [-0.39, 0.29) is 23.9 Å². The second kappa shape index (κ2) is 9.08. The van der Waals surface area contributed by atoms with Crippen molar-refractivity contribution in [2.75, 3.05) is 17.9 Å². The van der Waals surface area contributed by atoms with Crippen LogP contribution in [0.3, 0.4) is 0 Å². The first-order chi connectivity index (χ1) is 17.9. The van der Waals surface area contributed by atoms with Crippen molar-refractivity contribution in [1.82, 2.24) is 4.57 Å². The minimum atomic E-state index is -3.69. The SMILES string of the molecule is O=C1C[C@H](c2ccc(NS(=O)(=O)Cc3ccc(F)cc3)cc2)c2cccn2-c2cc3c(cc21)OCCO3. The van der Waals surface area contributed by atoms with Crippen LogP contribution in [0.4, 0.5) is 10.1 Å². The monoisotopic (exact) mass is 518 g/mol. The number of carbonyl (C=O) groups is 1. The second-order valence-corrected chi connectivity index (χ2v) is 10.8. The maximum atomic E-state index is 13.4. The van der Waals surface area contributed by atoms with Gasteiger partial charge in [0.2, 0.25) is 10.0 Å². The van der Waals surface area contributed by atoms with Gasteiger partial charge in [0.25, 0.3) is 0 Å². The normalized spacial score (nSPS) is 16.5. The molecule has 0 amide bonds. The lowest BCUT2D eigenvalue weighted by atomic mass is 9.90. The van der Waals surface area contributed by atoms with Crippen LogP contribution in [-0.2, 0) is 15.8 Å². The molecule has 188 valence electrons. The number of rotatable bonds is 5. The van der Waals surface area contributed by atoms with Gasteiger partial charge in [0.15, 0.2) is 17.3 Å². The lowest BCUT2D eigenvalue weighted by Gasteiger charge is -2.21. The van der Waals surface area contributed by atoms with E-state index in [1.807, 2.05) is 41.1 Å². The number of Topliss-reactive ketones (excluding diaryl/α,β-unsaturated/α-hetero) is 1. The Hall–Kier alpha value is -4.11.